The van der Waals surface area contributed by atoms with Crippen LogP contribution in [-0.4, -0.2) is 120 Å². The highest BCUT2D eigenvalue weighted by Gasteiger charge is 2.45. The van der Waals surface area contributed by atoms with E-state index in [4.69, 9.17) is 14.2 Å². The number of carbonyl (C=O) groups is 4. The third-order valence-electron chi connectivity index (χ3n) is 13.0. The number of unbranched alkanes of at least 4 members (excludes halogenated alkanes) is 27. The van der Waals surface area contributed by atoms with E-state index in [1.807, 2.05) is 0 Å². The van der Waals surface area contributed by atoms with Gasteiger partial charge in [-0.3, -0.25) is 19.2 Å². The molecule has 2 rings (SSSR count). The van der Waals surface area contributed by atoms with Crippen LogP contribution in [0.1, 0.15) is 233 Å². The molecule has 406 valence electrons. The van der Waals surface area contributed by atoms with E-state index < -0.39 is 48.8 Å². The van der Waals surface area contributed by atoms with Crippen molar-refractivity contribution < 1.29 is 53.8 Å². The number of ether oxygens (including phenoxy) is 3. The summed E-state index contributed by atoms with van der Waals surface area (Å²) in [5.74, 6) is -1.15. The summed E-state index contributed by atoms with van der Waals surface area (Å²) < 4.78 is 17.9. The van der Waals surface area contributed by atoms with E-state index in [0.29, 0.717) is 19.3 Å². The molecular formula is C53H97N5O11S. The van der Waals surface area contributed by atoms with Crippen molar-refractivity contribution in [3.05, 3.63) is 6.20 Å². The van der Waals surface area contributed by atoms with Gasteiger partial charge in [-0.25, -0.2) is 4.68 Å². The van der Waals surface area contributed by atoms with Crippen LogP contribution in [0.3, 0.4) is 0 Å². The van der Waals surface area contributed by atoms with Gasteiger partial charge >= 0.3 is 11.9 Å². The maximum absolute atomic E-state index is 13.8. The minimum Gasteiger partial charge on any atom is -0.462 e. The van der Waals surface area contributed by atoms with E-state index >= 15 is 0 Å². The number of nitrogens with zero attached hydrogens (tertiary/aromatic N) is 3. The van der Waals surface area contributed by atoms with Crippen molar-refractivity contribution in [2.75, 3.05) is 23.4 Å². The molecule has 0 aromatic carbocycles. The molecule has 2 amide bonds. The van der Waals surface area contributed by atoms with Gasteiger partial charge in [-0.15, -0.1) is 5.10 Å². The number of nitrogens with one attached hydrogen (secondary N) is 2. The molecule has 1 fully saturated rings. The summed E-state index contributed by atoms with van der Waals surface area (Å²) in [6, 6.07) is -1.01. The lowest BCUT2D eigenvalue weighted by molar-refractivity contribution is -0.157. The minimum atomic E-state index is -1.65. The fourth-order valence-corrected chi connectivity index (χ4v) is 9.66. The Bertz CT molecular complexity index is 1490. The van der Waals surface area contributed by atoms with Crippen LogP contribution in [0.25, 0.3) is 0 Å². The number of aliphatic hydroxyl groups excluding tert-OH is 4. The SMILES string of the molecule is CCCCCCCCCCCCC(=O)N[C@H](CSC[C@@H](COC(=O)CCCCCCCCCCCC)OC(=O)CCCCCCCCCCCC)C(=O)Nc1cn(C[C@H](O)C2OC(O)[C@@H](O)[C@@H]2O)nn1. The van der Waals surface area contributed by atoms with Gasteiger partial charge in [0.15, 0.2) is 12.1 Å². The molecule has 70 heavy (non-hydrogen) atoms. The minimum absolute atomic E-state index is 0.0391. The zero-order valence-corrected chi connectivity index (χ0v) is 44.5. The van der Waals surface area contributed by atoms with E-state index in [1.165, 1.54) is 145 Å². The van der Waals surface area contributed by atoms with Crippen LogP contribution in [0.15, 0.2) is 6.20 Å². The molecule has 2 unspecified atom stereocenters. The zero-order valence-electron chi connectivity index (χ0n) is 43.7. The lowest BCUT2D eigenvalue weighted by atomic mass is 10.1. The first-order chi connectivity index (χ1) is 34.0. The van der Waals surface area contributed by atoms with Crippen LogP contribution in [0.5, 0.6) is 0 Å². The standard InChI is InChI=1S/C53H97N5O11S/c1-4-7-10-13-16-19-22-25-28-31-34-46(60)54-43(52(65)55-45-38-58(57-56-45)37-44(59)51-49(63)50(64)53(66)69-51)41-70-40-42(68-48(62)36-33-30-27-24-21-18-15-12-9-6-3)39-67-47(61)35-32-29-26-23-20-17-14-11-8-5-2/h38,42-44,49-51,53,59,63-64,66H,4-37,39-41H2,1-3H3,(H,54,60)(H,55,65)/t42-,43-,44+,49+,50+,51?,53?/m1/s1. The summed E-state index contributed by atoms with van der Waals surface area (Å²) in [4.78, 5) is 53.0. The quantitative estimate of drug-likeness (QED) is 0.0264. The average molecular weight is 1010 g/mol. The third kappa shape index (κ3) is 30.9. The first kappa shape index (κ1) is 63.3. The second kappa shape index (κ2) is 41.6. The Morgan fingerprint density at radius 3 is 1.57 bits per heavy atom. The first-order valence-electron chi connectivity index (χ1n) is 27.8. The van der Waals surface area contributed by atoms with Gasteiger partial charge in [0.2, 0.25) is 11.8 Å². The molecule has 0 spiro atoms. The number of aromatic nitrogens is 3. The molecular weight excluding hydrogens is 915 g/mol. The number of amides is 2. The van der Waals surface area contributed by atoms with Crippen LogP contribution in [0.4, 0.5) is 5.82 Å². The molecule has 0 aliphatic carbocycles. The predicted octanol–water partition coefficient (Wildman–Crippen LogP) is 9.62. The highest BCUT2D eigenvalue weighted by atomic mass is 32.2. The van der Waals surface area contributed by atoms with Gasteiger partial charge < -0.3 is 45.3 Å². The fourth-order valence-electron chi connectivity index (χ4n) is 8.63. The summed E-state index contributed by atoms with van der Waals surface area (Å²) in [6.07, 6.45) is 28.2. The molecule has 17 heteroatoms. The van der Waals surface area contributed by atoms with Gasteiger partial charge in [0.1, 0.15) is 43.2 Å². The molecule has 1 saturated heterocycles. The number of carbonyl (C=O) groups excluding carboxylic acids is 4. The predicted molar refractivity (Wildman–Crippen MR) is 277 cm³/mol. The van der Waals surface area contributed by atoms with Gasteiger partial charge in [-0.1, -0.05) is 199 Å². The van der Waals surface area contributed by atoms with Crippen molar-refractivity contribution >= 4 is 41.3 Å². The summed E-state index contributed by atoms with van der Waals surface area (Å²) in [5.41, 5.74) is 0. The molecule has 1 aromatic rings. The van der Waals surface area contributed by atoms with Crippen LogP contribution < -0.4 is 10.6 Å². The van der Waals surface area contributed by atoms with Gasteiger partial charge in [-0.2, -0.15) is 11.8 Å². The van der Waals surface area contributed by atoms with E-state index in [2.05, 4.69) is 41.7 Å². The van der Waals surface area contributed by atoms with E-state index in [-0.39, 0.29) is 61.2 Å². The molecule has 1 aliphatic rings. The summed E-state index contributed by atoms with van der Waals surface area (Å²) in [6.45, 7) is 6.32. The number of hydrogen-bond donors (Lipinski definition) is 6. The molecule has 16 nitrogen and oxygen atoms in total. The second-order valence-electron chi connectivity index (χ2n) is 19.6. The molecule has 1 aliphatic heterocycles. The van der Waals surface area contributed by atoms with Crippen LogP contribution >= 0.6 is 11.8 Å². The van der Waals surface area contributed by atoms with Gasteiger partial charge in [0.25, 0.3) is 0 Å². The first-order valence-corrected chi connectivity index (χ1v) is 28.9. The average Bonchev–Trinajstić information content (AvgIpc) is 3.89. The maximum Gasteiger partial charge on any atom is 0.306 e. The van der Waals surface area contributed by atoms with Gasteiger partial charge in [0.05, 0.1) is 12.7 Å². The fraction of sp³-hybridized carbons (Fsp3) is 0.887. The number of thioether (sulfide) groups is 1. The van der Waals surface area contributed by atoms with Crippen molar-refractivity contribution in [3.8, 4) is 0 Å². The van der Waals surface area contributed by atoms with Gasteiger partial charge in [0, 0.05) is 30.8 Å². The van der Waals surface area contributed by atoms with Crippen molar-refractivity contribution in [1.29, 1.82) is 0 Å². The Kier molecular flexibility index (Phi) is 37.6. The monoisotopic (exact) mass is 1010 g/mol. The van der Waals surface area contributed by atoms with E-state index in [1.54, 1.807) is 0 Å². The molecule has 0 bridgehead atoms. The van der Waals surface area contributed by atoms with Crippen molar-refractivity contribution in [2.45, 2.75) is 282 Å². The molecule has 0 radical (unpaired) electrons. The second-order valence-corrected chi connectivity index (χ2v) is 20.7. The highest BCUT2D eigenvalue weighted by molar-refractivity contribution is 7.99. The largest absolute Gasteiger partial charge is 0.462 e. The number of esters is 2. The Hall–Kier alpha value is -2.83. The maximum atomic E-state index is 13.8. The van der Waals surface area contributed by atoms with Crippen molar-refractivity contribution in [3.63, 3.8) is 0 Å². The Balaban J connectivity index is 2.01. The third-order valence-corrected chi connectivity index (χ3v) is 14.2. The molecule has 7 atom stereocenters. The van der Waals surface area contributed by atoms with Gasteiger partial charge in [-0.05, 0) is 19.3 Å². The number of rotatable bonds is 46. The Morgan fingerprint density at radius 1 is 0.643 bits per heavy atom. The van der Waals surface area contributed by atoms with Crippen LogP contribution in [-0.2, 0) is 39.9 Å². The zero-order chi connectivity index (χ0) is 51.0. The number of aliphatic hydroxyl groups is 4. The molecule has 1 aromatic heterocycles. The normalized spacial score (nSPS) is 18.1. The van der Waals surface area contributed by atoms with Crippen LogP contribution in [0.2, 0.25) is 0 Å². The van der Waals surface area contributed by atoms with E-state index in [0.717, 1.165) is 57.8 Å². The summed E-state index contributed by atoms with van der Waals surface area (Å²) >= 11 is 1.30. The molecule has 2 heterocycles. The lowest BCUT2D eigenvalue weighted by Crippen LogP contribution is -2.45. The van der Waals surface area contributed by atoms with Crippen molar-refractivity contribution in [2.24, 2.45) is 0 Å². The topological polar surface area (TPSA) is 232 Å². The molecule has 0 saturated carbocycles. The van der Waals surface area contributed by atoms with E-state index in [9.17, 15) is 39.6 Å². The Labute approximate surface area is 425 Å². The summed E-state index contributed by atoms with van der Waals surface area (Å²) in [7, 11) is 0. The Morgan fingerprint density at radius 2 is 1.10 bits per heavy atom. The number of anilines is 1. The number of hydrogen-bond acceptors (Lipinski definition) is 14. The van der Waals surface area contributed by atoms with Crippen LogP contribution in [0, 0.1) is 0 Å². The smallest absolute Gasteiger partial charge is 0.306 e. The summed E-state index contributed by atoms with van der Waals surface area (Å²) in [5, 5.41) is 53.9. The van der Waals surface area contributed by atoms with Crippen molar-refractivity contribution in [1.82, 2.24) is 20.3 Å². The highest BCUT2D eigenvalue weighted by Crippen LogP contribution is 2.23. The lowest BCUT2D eigenvalue weighted by Gasteiger charge is -2.21. The molecule has 6 N–H and O–H groups in total.